The Kier molecular flexibility index (Phi) is 8.69. The normalized spacial score (nSPS) is 19.0. The number of amides is 1. The van der Waals surface area contributed by atoms with Crippen molar-refractivity contribution in [2.75, 3.05) is 0 Å². The zero-order valence-corrected chi connectivity index (χ0v) is 24.0. The number of hydrogen-bond acceptors (Lipinski definition) is 3. The van der Waals surface area contributed by atoms with Crippen LogP contribution in [0.3, 0.4) is 0 Å². The molecule has 0 radical (unpaired) electrons. The zero-order valence-electron chi connectivity index (χ0n) is 24.0. The van der Waals surface area contributed by atoms with Crippen molar-refractivity contribution in [2.45, 2.75) is 112 Å². The highest BCUT2D eigenvalue weighted by atomic mass is 16.5. The SMILES string of the molecule is CC(=O)NC(C1=N[C@@H](Cc2ccccc2)[C@H](c2c(C(C)C)cc(C(C)C)cc2C(C)C)O1)C(C)(C)C. The van der Waals surface area contributed by atoms with E-state index in [9.17, 15) is 4.79 Å². The molecule has 1 aliphatic heterocycles. The van der Waals surface area contributed by atoms with Gasteiger partial charge in [0.05, 0.1) is 6.04 Å². The number of rotatable bonds is 8. The van der Waals surface area contributed by atoms with Crippen molar-refractivity contribution in [3.05, 3.63) is 70.3 Å². The summed E-state index contributed by atoms with van der Waals surface area (Å²) >= 11 is 0. The average molecular weight is 491 g/mol. The maximum absolute atomic E-state index is 12.1. The van der Waals surface area contributed by atoms with Crippen LogP contribution in [0, 0.1) is 5.41 Å². The van der Waals surface area contributed by atoms with Crippen molar-refractivity contribution in [1.29, 1.82) is 0 Å². The Hall–Kier alpha value is -2.62. The topological polar surface area (TPSA) is 50.7 Å². The van der Waals surface area contributed by atoms with Crippen LogP contribution in [0.4, 0.5) is 0 Å². The minimum atomic E-state index is -0.293. The smallest absolute Gasteiger partial charge is 0.217 e. The molecule has 1 unspecified atom stereocenters. The molecule has 1 amide bonds. The molecule has 1 N–H and O–H groups in total. The number of ether oxygens (including phenoxy) is 1. The van der Waals surface area contributed by atoms with Gasteiger partial charge in [0.1, 0.15) is 12.1 Å². The van der Waals surface area contributed by atoms with Crippen LogP contribution in [0.15, 0.2) is 47.5 Å². The van der Waals surface area contributed by atoms with E-state index < -0.39 is 0 Å². The molecule has 2 aromatic carbocycles. The second kappa shape index (κ2) is 11.2. The lowest BCUT2D eigenvalue weighted by Crippen LogP contribution is -2.48. The van der Waals surface area contributed by atoms with Crippen LogP contribution >= 0.6 is 0 Å². The van der Waals surface area contributed by atoms with Gasteiger partial charge < -0.3 is 10.1 Å². The Bertz CT molecular complexity index is 1050. The van der Waals surface area contributed by atoms with Crippen LogP contribution in [-0.2, 0) is 16.0 Å². The summed E-state index contributed by atoms with van der Waals surface area (Å²) in [7, 11) is 0. The van der Waals surface area contributed by atoms with Gasteiger partial charge >= 0.3 is 0 Å². The molecule has 0 saturated heterocycles. The predicted molar refractivity (Wildman–Crippen MR) is 151 cm³/mol. The summed E-state index contributed by atoms with van der Waals surface area (Å²) in [5.41, 5.74) is 6.34. The van der Waals surface area contributed by atoms with Crippen molar-refractivity contribution >= 4 is 11.8 Å². The van der Waals surface area contributed by atoms with Crippen LogP contribution < -0.4 is 5.32 Å². The van der Waals surface area contributed by atoms with E-state index in [4.69, 9.17) is 9.73 Å². The number of carbonyl (C=O) groups is 1. The summed E-state index contributed by atoms with van der Waals surface area (Å²) in [6.07, 6.45) is 0.585. The van der Waals surface area contributed by atoms with Gasteiger partial charge in [-0.3, -0.25) is 4.79 Å². The standard InChI is InChI=1S/C32H46N2O2/c1-19(2)24-17-25(20(3)4)28(26(18-24)21(5)6)29-27(16-23-14-12-11-13-15-23)34-31(36-29)30(32(8,9)10)33-22(7)35/h11-15,17-21,27,29-30H,16H2,1-10H3,(H,33,35)/t27-,29+,30?/m0/s1. The molecule has 3 atom stereocenters. The highest BCUT2D eigenvalue weighted by Gasteiger charge is 2.42. The highest BCUT2D eigenvalue weighted by molar-refractivity contribution is 5.89. The highest BCUT2D eigenvalue weighted by Crippen LogP contribution is 2.43. The first kappa shape index (κ1) is 28.0. The van der Waals surface area contributed by atoms with E-state index in [2.05, 4.69) is 104 Å². The summed E-state index contributed by atoms with van der Waals surface area (Å²) in [5, 5.41) is 3.12. The summed E-state index contributed by atoms with van der Waals surface area (Å²) in [6, 6.07) is 14.9. The lowest BCUT2D eigenvalue weighted by Gasteiger charge is -2.32. The summed E-state index contributed by atoms with van der Waals surface area (Å²) in [6.45, 7) is 21.5. The van der Waals surface area contributed by atoms with Crippen LogP contribution in [-0.4, -0.2) is 23.9 Å². The van der Waals surface area contributed by atoms with Crippen molar-refractivity contribution in [1.82, 2.24) is 5.32 Å². The molecule has 0 aliphatic carbocycles. The second-order valence-electron chi connectivity index (χ2n) is 12.3. The fourth-order valence-electron chi connectivity index (χ4n) is 5.06. The molecule has 2 aromatic rings. The Labute approximate surface area is 219 Å². The molecule has 4 heteroatoms. The van der Waals surface area contributed by atoms with Gasteiger partial charge in [-0.15, -0.1) is 0 Å². The van der Waals surface area contributed by atoms with Crippen molar-refractivity contribution < 1.29 is 9.53 Å². The minimum Gasteiger partial charge on any atom is -0.469 e. The Morgan fingerprint density at radius 3 is 1.94 bits per heavy atom. The van der Waals surface area contributed by atoms with E-state index >= 15 is 0 Å². The molecule has 0 aromatic heterocycles. The largest absolute Gasteiger partial charge is 0.469 e. The fourth-order valence-corrected chi connectivity index (χ4v) is 5.06. The van der Waals surface area contributed by atoms with Crippen molar-refractivity contribution in [3.63, 3.8) is 0 Å². The van der Waals surface area contributed by atoms with Gasteiger partial charge in [0.25, 0.3) is 0 Å². The van der Waals surface area contributed by atoms with E-state index in [1.807, 2.05) is 6.07 Å². The van der Waals surface area contributed by atoms with Gasteiger partial charge in [-0.25, -0.2) is 4.99 Å². The van der Waals surface area contributed by atoms with Gasteiger partial charge in [0, 0.05) is 12.5 Å². The van der Waals surface area contributed by atoms with Crippen LogP contribution in [0.1, 0.15) is 121 Å². The number of nitrogens with zero attached hydrogens (tertiary/aromatic N) is 1. The third kappa shape index (κ3) is 6.38. The number of aliphatic imine (C=N–C) groups is 1. The third-order valence-corrected chi connectivity index (χ3v) is 7.10. The van der Waals surface area contributed by atoms with E-state index in [-0.39, 0.29) is 29.5 Å². The Morgan fingerprint density at radius 1 is 0.944 bits per heavy atom. The molecule has 0 fully saturated rings. The lowest BCUT2D eigenvalue weighted by atomic mass is 9.80. The molecule has 4 nitrogen and oxygen atoms in total. The van der Waals surface area contributed by atoms with Gasteiger partial charge in [-0.2, -0.15) is 0 Å². The van der Waals surface area contributed by atoms with Gasteiger partial charge in [0.2, 0.25) is 11.8 Å². The van der Waals surface area contributed by atoms with E-state index in [0.29, 0.717) is 23.7 Å². The molecular weight excluding hydrogens is 444 g/mol. The molecule has 1 heterocycles. The summed E-state index contributed by atoms with van der Waals surface area (Å²) in [4.78, 5) is 17.3. The maximum Gasteiger partial charge on any atom is 0.217 e. The number of carbonyl (C=O) groups excluding carboxylic acids is 1. The van der Waals surface area contributed by atoms with E-state index in [0.717, 1.165) is 6.42 Å². The lowest BCUT2D eigenvalue weighted by molar-refractivity contribution is -0.120. The quantitative estimate of drug-likeness (QED) is 0.412. The molecule has 0 saturated carbocycles. The molecule has 1 aliphatic rings. The third-order valence-electron chi connectivity index (χ3n) is 7.10. The van der Waals surface area contributed by atoms with Crippen molar-refractivity contribution in [3.8, 4) is 0 Å². The first-order chi connectivity index (χ1) is 16.8. The van der Waals surface area contributed by atoms with E-state index in [1.54, 1.807) is 6.92 Å². The van der Waals surface area contributed by atoms with Crippen LogP contribution in [0.5, 0.6) is 0 Å². The fraction of sp³-hybridized carbons (Fsp3) is 0.562. The molecule has 196 valence electrons. The molecule has 0 bridgehead atoms. The number of nitrogens with one attached hydrogen (secondary N) is 1. The first-order valence-corrected chi connectivity index (χ1v) is 13.5. The maximum atomic E-state index is 12.1. The monoisotopic (exact) mass is 490 g/mol. The first-order valence-electron chi connectivity index (χ1n) is 13.5. The molecular formula is C32H46N2O2. The van der Waals surface area contributed by atoms with E-state index in [1.165, 1.54) is 27.8 Å². The van der Waals surface area contributed by atoms with Crippen molar-refractivity contribution in [2.24, 2.45) is 10.4 Å². The average Bonchev–Trinajstić information content (AvgIpc) is 3.18. The molecule has 3 rings (SSSR count). The van der Waals surface area contributed by atoms with Gasteiger partial charge in [-0.1, -0.05) is 105 Å². The minimum absolute atomic E-state index is 0.0686. The van der Waals surface area contributed by atoms with Gasteiger partial charge in [0.15, 0.2) is 0 Å². The zero-order chi connectivity index (χ0) is 26.8. The number of hydrogen-bond donors (Lipinski definition) is 1. The van der Waals surface area contributed by atoms with Crippen LogP contribution in [0.2, 0.25) is 0 Å². The summed E-state index contributed by atoms with van der Waals surface area (Å²) in [5.74, 6) is 1.73. The molecule has 36 heavy (non-hydrogen) atoms. The van der Waals surface area contributed by atoms with Crippen LogP contribution in [0.25, 0.3) is 0 Å². The van der Waals surface area contributed by atoms with Gasteiger partial charge in [-0.05, 0) is 51.8 Å². The Morgan fingerprint density at radius 2 is 1.50 bits per heavy atom. The molecule has 0 spiro atoms. The Balaban J connectivity index is 2.19. The second-order valence-corrected chi connectivity index (χ2v) is 12.3. The number of benzene rings is 2. The predicted octanol–water partition coefficient (Wildman–Crippen LogP) is 7.69. The summed E-state index contributed by atoms with van der Waals surface area (Å²) < 4.78 is 6.84.